The molecule has 1 saturated heterocycles. The molecule has 0 saturated carbocycles. The van der Waals surface area contributed by atoms with Crippen molar-refractivity contribution in [2.24, 2.45) is 0 Å². The largest absolute Gasteiger partial charge is 0.378 e. The second-order valence-corrected chi connectivity index (χ2v) is 5.37. The standard InChI is InChI=1S/C16H17NO6/c18-14(7-9-21-10-11-4-3-8-22-11)23-17-15(19)12-5-1-2-6-13(12)16(17)20/h1-2,5-6,11H,3-4,7-10H2. The number of hydroxylamine groups is 2. The number of amides is 2. The number of nitrogens with zero attached hydrogens (tertiary/aromatic N) is 1. The normalized spacial score (nSPS) is 20.0. The molecule has 2 amide bonds. The Hall–Kier alpha value is -2.25. The van der Waals surface area contributed by atoms with Crippen molar-refractivity contribution >= 4 is 17.8 Å². The highest BCUT2D eigenvalue weighted by Gasteiger charge is 2.38. The average Bonchev–Trinajstić information content (AvgIpc) is 3.15. The van der Waals surface area contributed by atoms with E-state index in [1.54, 1.807) is 12.1 Å². The number of ether oxygens (including phenoxy) is 2. The van der Waals surface area contributed by atoms with E-state index in [0.29, 0.717) is 11.7 Å². The van der Waals surface area contributed by atoms with E-state index in [1.807, 2.05) is 0 Å². The number of hydrogen-bond donors (Lipinski definition) is 0. The summed E-state index contributed by atoms with van der Waals surface area (Å²) in [5.74, 6) is -1.94. The first-order chi connectivity index (χ1) is 11.2. The Morgan fingerprint density at radius 2 is 1.91 bits per heavy atom. The third-order valence-corrected chi connectivity index (χ3v) is 3.73. The summed E-state index contributed by atoms with van der Waals surface area (Å²) >= 11 is 0. The molecule has 122 valence electrons. The summed E-state index contributed by atoms with van der Waals surface area (Å²) in [5.41, 5.74) is 0.472. The van der Waals surface area contributed by atoms with Crippen LogP contribution in [-0.4, -0.2) is 48.8 Å². The Bertz CT molecular complexity index is 588. The third-order valence-electron chi connectivity index (χ3n) is 3.73. The van der Waals surface area contributed by atoms with Gasteiger partial charge in [0.2, 0.25) is 0 Å². The lowest BCUT2D eigenvalue weighted by atomic mass is 10.1. The van der Waals surface area contributed by atoms with Crippen LogP contribution < -0.4 is 0 Å². The summed E-state index contributed by atoms with van der Waals surface area (Å²) in [5, 5.41) is 0.507. The first-order valence-corrected chi connectivity index (χ1v) is 7.55. The van der Waals surface area contributed by atoms with Crippen molar-refractivity contribution in [3.63, 3.8) is 0 Å². The smallest absolute Gasteiger partial charge is 0.335 e. The van der Waals surface area contributed by atoms with E-state index in [4.69, 9.17) is 14.3 Å². The fourth-order valence-electron chi connectivity index (χ4n) is 2.54. The molecule has 3 rings (SSSR count). The Morgan fingerprint density at radius 1 is 1.22 bits per heavy atom. The van der Waals surface area contributed by atoms with Crippen LogP contribution in [0.5, 0.6) is 0 Å². The summed E-state index contributed by atoms with van der Waals surface area (Å²) in [6.07, 6.45) is 2.03. The van der Waals surface area contributed by atoms with Gasteiger partial charge in [-0.3, -0.25) is 9.59 Å². The highest BCUT2D eigenvalue weighted by atomic mass is 16.7. The van der Waals surface area contributed by atoms with Crippen LogP contribution in [0.15, 0.2) is 24.3 Å². The van der Waals surface area contributed by atoms with E-state index in [1.165, 1.54) is 12.1 Å². The monoisotopic (exact) mass is 319 g/mol. The van der Waals surface area contributed by atoms with Gasteiger partial charge in [-0.1, -0.05) is 17.2 Å². The molecule has 23 heavy (non-hydrogen) atoms. The lowest BCUT2D eigenvalue weighted by Gasteiger charge is -2.13. The molecule has 2 aliphatic rings. The molecule has 0 spiro atoms. The molecule has 1 unspecified atom stereocenters. The fraction of sp³-hybridized carbons (Fsp3) is 0.438. The minimum atomic E-state index is -0.688. The van der Waals surface area contributed by atoms with Crippen LogP contribution in [0.4, 0.5) is 0 Å². The Kier molecular flexibility index (Phi) is 4.68. The Labute approximate surface area is 133 Å². The van der Waals surface area contributed by atoms with Crippen molar-refractivity contribution in [1.29, 1.82) is 0 Å². The number of hydrogen-bond acceptors (Lipinski definition) is 6. The molecule has 1 aromatic carbocycles. The van der Waals surface area contributed by atoms with Gasteiger partial charge < -0.3 is 14.3 Å². The van der Waals surface area contributed by atoms with Crippen molar-refractivity contribution in [1.82, 2.24) is 5.06 Å². The number of rotatable bonds is 6. The van der Waals surface area contributed by atoms with E-state index in [2.05, 4.69) is 0 Å². The summed E-state index contributed by atoms with van der Waals surface area (Å²) in [6, 6.07) is 6.34. The summed E-state index contributed by atoms with van der Waals surface area (Å²) in [6.45, 7) is 1.33. The zero-order chi connectivity index (χ0) is 16.2. The maximum atomic E-state index is 12.0. The van der Waals surface area contributed by atoms with Crippen molar-refractivity contribution in [2.75, 3.05) is 19.8 Å². The number of fused-ring (bicyclic) bond motifs is 1. The summed E-state index contributed by atoms with van der Waals surface area (Å²) in [7, 11) is 0. The van der Waals surface area contributed by atoms with Gasteiger partial charge in [-0.05, 0) is 25.0 Å². The minimum absolute atomic E-state index is 0.0415. The van der Waals surface area contributed by atoms with Crippen LogP contribution >= 0.6 is 0 Å². The van der Waals surface area contributed by atoms with Gasteiger partial charge in [0.25, 0.3) is 11.8 Å². The molecular weight excluding hydrogens is 302 g/mol. The predicted octanol–water partition coefficient (Wildman–Crippen LogP) is 1.33. The van der Waals surface area contributed by atoms with Gasteiger partial charge in [0.1, 0.15) is 0 Å². The van der Waals surface area contributed by atoms with Gasteiger partial charge in [-0.2, -0.15) is 0 Å². The molecule has 0 aromatic heterocycles. The van der Waals surface area contributed by atoms with Gasteiger partial charge in [-0.25, -0.2) is 4.79 Å². The molecule has 7 heteroatoms. The summed E-state index contributed by atoms with van der Waals surface area (Å²) < 4.78 is 10.7. The van der Waals surface area contributed by atoms with Gasteiger partial charge in [0, 0.05) is 6.61 Å². The minimum Gasteiger partial charge on any atom is -0.378 e. The van der Waals surface area contributed by atoms with Crippen LogP contribution in [0.2, 0.25) is 0 Å². The van der Waals surface area contributed by atoms with E-state index < -0.39 is 17.8 Å². The second-order valence-electron chi connectivity index (χ2n) is 5.37. The van der Waals surface area contributed by atoms with Gasteiger partial charge >= 0.3 is 5.97 Å². The van der Waals surface area contributed by atoms with Gasteiger partial charge in [0.15, 0.2) is 0 Å². The molecule has 1 atom stereocenters. The maximum absolute atomic E-state index is 12.0. The Morgan fingerprint density at radius 3 is 2.52 bits per heavy atom. The van der Waals surface area contributed by atoms with Crippen molar-refractivity contribution < 1.29 is 28.7 Å². The molecule has 7 nitrogen and oxygen atoms in total. The van der Waals surface area contributed by atoms with Crippen molar-refractivity contribution in [3.8, 4) is 0 Å². The average molecular weight is 319 g/mol. The fourth-order valence-corrected chi connectivity index (χ4v) is 2.54. The molecule has 0 N–H and O–H groups in total. The first kappa shape index (κ1) is 15.6. The number of carbonyl (C=O) groups is 3. The molecule has 2 aliphatic heterocycles. The quantitative estimate of drug-likeness (QED) is 0.581. The van der Waals surface area contributed by atoms with Crippen LogP contribution in [-0.2, 0) is 19.1 Å². The number of carbonyl (C=O) groups excluding carboxylic acids is 3. The van der Waals surface area contributed by atoms with Gasteiger partial charge in [-0.15, -0.1) is 0 Å². The molecule has 1 fully saturated rings. The van der Waals surface area contributed by atoms with Gasteiger partial charge in [0.05, 0.1) is 36.9 Å². The molecule has 0 aliphatic carbocycles. The van der Waals surface area contributed by atoms with E-state index in [9.17, 15) is 14.4 Å². The predicted molar refractivity (Wildman–Crippen MR) is 77.4 cm³/mol. The van der Waals surface area contributed by atoms with Crippen LogP contribution in [0.1, 0.15) is 40.0 Å². The Balaban J connectivity index is 1.45. The van der Waals surface area contributed by atoms with E-state index in [0.717, 1.165) is 19.4 Å². The van der Waals surface area contributed by atoms with Crippen LogP contribution in [0.3, 0.4) is 0 Å². The first-order valence-electron chi connectivity index (χ1n) is 7.55. The molecular formula is C16H17NO6. The number of imide groups is 1. The highest BCUT2D eigenvalue weighted by molar-refractivity contribution is 6.20. The maximum Gasteiger partial charge on any atom is 0.335 e. The van der Waals surface area contributed by atoms with Crippen LogP contribution in [0.25, 0.3) is 0 Å². The van der Waals surface area contributed by atoms with E-state index in [-0.39, 0.29) is 30.3 Å². The topological polar surface area (TPSA) is 82.1 Å². The molecule has 1 aromatic rings. The highest BCUT2D eigenvalue weighted by Crippen LogP contribution is 2.22. The van der Waals surface area contributed by atoms with Crippen LogP contribution in [0, 0.1) is 0 Å². The SMILES string of the molecule is O=C(CCOCC1CCCO1)ON1C(=O)c2ccccc2C1=O. The molecule has 2 heterocycles. The lowest BCUT2D eigenvalue weighted by Crippen LogP contribution is -2.33. The molecule has 0 bridgehead atoms. The van der Waals surface area contributed by atoms with E-state index >= 15 is 0 Å². The van der Waals surface area contributed by atoms with Crippen molar-refractivity contribution in [2.45, 2.75) is 25.4 Å². The summed E-state index contributed by atoms with van der Waals surface area (Å²) in [4.78, 5) is 40.7. The zero-order valence-electron chi connectivity index (χ0n) is 12.5. The second kappa shape index (κ2) is 6.89. The van der Waals surface area contributed by atoms with Crippen molar-refractivity contribution in [3.05, 3.63) is 35.4 Å². The molecule has 0 radical (unpaired) electrons. The zero-order valence-corrected chi connectivity index (χ0v) is 12.5. The number of benzene rings is 1. The third kappa shape index (κ3) is 3.40. The lowest BCUT2D eigenvalue weighted by molar-refractivity contribution is -0.169.